The number of halogens is 1. The Labute approximate surface area is 113 Å². The molecule has 4 heteroatoms. The molecule has 1 heterocycles. The van der Waals surface area contributed by atoms with Crippen molar-refractivity contribution in [2.75, 3.05) is 5.73 Å². The molecule has 3 nitrogen and oxygen atoms in total. The topological polar surface area (TPSA) is 58.9 Å². The van der Waals surface area contributed by atoms with E-state index < -0.39 is 0 Å². The molecule has 2 aromatic rings. The van der Waals surface area contributed by atoms with E-state index in [1.165, 1.54) is 0 Å². The summed E-state index contributed by atoms with van der Waals surface area (Å²) in [6, 6.07) is 9.80. The Kier molecular flexibility index (Phi) is 4.56. The molecule has 1 aromatic carbocycles. The van der Waals surface area contributed by atoms with Gasteiger partial charge in [-0.1, -0.05) is 37.3 Å². The van der Waals surface area contributed by atoms with Gasteiger partial charge in [-0.05, 0) is 6.92 Å². The molecule has 0 atom stereocenters. The number of aromatic amines is 1. The average molecular weight is 265 g/mol. The monoisotopic (exact) mass is 264 g/mol. The fourth-order valence-corrected chi connectivity index (χ4v) is 2.01. The number of nitrogen functional groups attached to an aromatic ring is 1. The molecule has 0 unspecified atom stereocenters. The molecule has 0 aliphatic heterocycles. The zero-order valence-corrected chi connectivity index (χ0v) is 11.3. The first-order valence-corrected chi connectivity index (χ1v) is 5.71. The summed E-state index contributed by atoms with van der Waals surface area (Å²) in [5, 5.41) is 0. The van der Waals surface area contributed by atoms with Gasteiger partial charge in [-0.25, -0.2) is 0 Å². The third kappa shape index (κ3) is 2.41. The maximum absolute atomic E-state index is 11.8. The van der Waals surface area contributed by atoms with Crippen LogP contribution in [0.25, 0.3) is 11.3 Å². The molecule has 2 rings (SSSR count). The second kappa shape index (κ2) is 5.74. The minimum Gasteiger partial charge on any atom is -0.396 e. The van der Waals surface area contributed by atoms with Crippen LogP contribution in [0.15, 0.2) is 30.3 Å². The highest BCUT2D eigenvalue weighted by atomic mass is 35.5. The summed E-state index contributed by atoms with van der Waals surface area (Å²) in [5.74, 6) is 0.0819. The lowest BCUT2D eigenvalue weighted by Gasteiger charge is -2.01. The predicted molar refractivity (Wildman–Crippen MR) is 77.2 cm³/mol. The fourth-order valence-electron chi connectivity index (χ4n) is 2.01. The molecule has 0 fully saturated rings. The third-order valence-corrected chi connectivity index (χ3v) is 2.89. The lowest BCUT2D eigenvalue weighted by atomic mass is 10.1. The Morgan fingerprint density at radius 3 is 2.44 bits per heavy atom. The Hall–Kier alpha value is -1.74. The Morgan fingerprint density at radius 2 is 1.89 bits per heavy atom. The SMILES string of the molecule is CCC(=O)c1c(C)[nH]c(-c2ccccc2)c1N.Cl. The minimum atomic E-state index is 0. The number of hydrogen-bond donors (Lipinski definition) is 2. The van der Waals surface area contributed by atoms with Crippen molar-refractivity contribution < 1.29 is 4.79 Å². The van der Waals surface area contributed by atoms with E-state index in [1.807, 2.05) is 44.2 Å². The number of aryl methyl sites for hydroxylation is 1. The maximum Gasteiger partial charge on any atom is 0.166 e. The number of rotatable bonds is 3. The van der Waals surface area contributed by atoms with E-state index >= 15 is 0 Å². The van der Waals surface area contributed by atoms with E-state index in [0.717, 1.165) is 17.0 Å². The molecule has 0 spiro atoms. The van der Waals surface area contributed by atoms with Crippen LogP contribution in [-0.2, 0) is 0 Å². The second-order valence-electron chi connectivity index (χ2n) is 4.06. The number of Topliss-reactive ketones (excluding diaryl/α,β-unsaturated/α-hetero) is 1. The molecule has 0 bridgehead atoms. The highest BCUT2D eigenvalue weighted by Gasteiger charge is 2.18. The summed E-state index contributed by atoms with van der Waals surface area (Å²) in [6.45, 7) is 3.72. The first-order chi connectivity index (χ1) is 8.15. The second-order valence-corrected chi connectivity index (χ2v) is 4.06. The van der Waals surface area contributed by atoms with Gasteiger partial charge in [-0.3, -0.25) is 4.79 Å². The van der Waals surface area contributed by atoms with Gasteiger partial charge in [0.05, 0.1) is 16.9 Å². The molecule has 96 valence electrons. The smallest absolute Gasteiger partial charge is 0.166 e. The van der Waals surface area contributed by atoms with Crippen LogP contribution in [0, 0.1) is 6.92 Å². The molecule has 18 heavy (non-hydrogen) atoms. The van der Waals surface area contributed by atoms with E-state index in [-0.39, 0.29) is 18.2 Å². The number of nitrogens with two attached hydrogens (primary N) is 1. The molecule has 0 amide bonds. The average Bonchev–Trinajstić information content (AvgIpc) is 2.65. The number of hydrogen-bond acceptors (Lipinski definition) is 2. The van der Waals surface area contributed by atoms with Gasteiger partial charge in [0, 0.05) is 17.7 Å². The van der Waals surface area contributed by atoms with Crippen LogP contribution in [0.3, 0.4) is 0 Å². The number of aromatic nitrogens is 1. The largest absolute Gasteiger partial charge is 0.396 e. The van der Waals surface area contributed by atoms with E-state index in [2.05, 4.69) is 4.98 Å². The fraction of sp³-hybridized carbons (Fsp3) is 0.214. The van der Waals surface area contributed by atoms with Gasteiger partial charge in [-0.2, -0.15) is 0 Å². The summed E-state index contributed by atoms with van der Waals surface area (Å²) in [5.41, 5.74) is 9.92. The normalized spacial score (nSPS) is 9.89. The molecule has 0 aliphatic carbocycles. The van der Waals surface area contributed by atoms with Crippen molar-refractivity contribution in [1.82, 2.24) is 4.98 Å². The van der Waals surface area contributed by atoms with E-state index in [1.54, 1.807) is 0 Å². The molecule has 3 N–H and O–H groups in total. The number of carbonyl (C=O) groups is 1. The van der Waals surface area contributed by atoms with Crippen molar-refractivity contribution in [3.8, 4) is 11.3 Å². The molecule has 0 radical (unpaired) electrons. The number of benzene rings is 1. The molecular formula is C14H17ClN2O. The quantitative estimate of drug-likeness (QED) is 0.833. The van der Waals surface area contributed by atoms with Crippen LogP contribution < -0.4 is 5.73 Å². The van der Waals surface area contributed by atoms with Gasteiger partial charge < -0.3 is 10.7 Å². The predicted octanol–water partition coefficient (Wildman–Crippen LogP) is 3.59. The van der Waals surface area contributed by atoms with Gasteiger partial charge in [0.1, 0.15) is 0 Å². The number of anilines is 1. The van der Waals surface area contributed by atoms with E-state index in [4.69, 9.17) is 5.73 Å². The molecule has 0 saturated heterocycles. The summed E-state index contributed by atoms with van der Waals surface area (Å²) in [6.07, 6.45) is 0.469. The van der Waals surface area contributed by atoms with Crippen LogP contribution in [0.5, 0.6) is 0 Å². The summed E-state index contributed by atoms with van der Waals surface area (Å²) < 4.78 is 0. The van der Waals surface area contributed by atoms with Crippen molar-refractivity contribution in [2.45, 2.75) is 20.3 Å². The lowest BCUT2D eigenvalue weighted by Crippen LogP contribution is -2.01. The molecular weight excluding hydrogens is 248 g/mol. The third-order valence-electron chi connectivity index (χ3n) is 2.89. The first kappa shape index (κ1) is 14.3. The lowest BCUT2D eigenvalue weighted by molar-refractivity contribution is 0.0988. The van der Waals surface area contributed by atoms with Crippen molar-refractivity contribution >= 4 is 23.9 Å². The zero-order chi connectivity index (χ0) is 12.4. The Balaban J connectivity index is 0.00000162. The summed E-state index contributed by atoms with van der Waals surface area (Å²) in [7, 11) is 0. The van der Waals surface area contributed by atoms with Gasteiger partial charge in [0.2, 0.25) is 0 Å². The number of H-pyrrole nitrogens is 1. The summed E-state index contributed by atoms with van der Waals surface area (Å²) >= 11 is 0. The van der Waals surface area contributed by atoms with Crippen LogP contribution in [-0.4, -0.2) is 10.8 Å². The van der Waals surface area contributed by atoms with Gasteiger partial charge in [0.15, 0.2) is 5.78 Å². The van der Waals surface area contributed by atoms with Crippen LogP contribution in [0.1, 0.15) is 29.4 Å². The molecule has 0 aliphatic rings. The van der Waals surface area contributed by atoms with Crippen molar-refractivity contribution in [3.05, 3.63) is 41.6 Å². The molecule has 0 saturated carbocycles. The van der Waals surface area contributed by atoms with Crippen molar-refractivity contribution in [2.24, 2.45) is 0 Å². The van der Waals surface area contributed by atoms with Crippen molar-refractivity contribution in [3.63, 3.8) is 0 Å². The van der Waals surface area contributed by atoms with Gasteiger partial charge in [0.25, 0.3) is 0 Å². The van der Waals surface area contributed by atoms with E-state index in [0.29, 0.717) is 17.7 Å². The highest BCUT2D eigenvalue weighted by Crippen LogP contribution is 2.30. The Bertz CT molecular complexity index is 546. The van der Waals surface area contributed by atoms with Crippen molar-refractivity contribution in [1.29, 1.82) is 0 Å². The maximum atomic E-state index is 11.8. The van der Waals surface area contributed by atoms with Gasteiger partial charge in [-0.15, -0.1) is 12.4 Å². The van der Waals surface area contributed by atoms with Gasteiger partial charge >= 0.3 is 0 Å². The number of carbonyl (C=O) groups excluding carboxylic acids is 1. The van der Waals surface area contributed by atoms with Crippen LogP contribution in [0.2, 0.25) is 0 Å². The van der Waals surface area contributed by atoms with E-state index in [9.17, 15) is 4.79 Å². The number of nitrogens with one attached hydrogen (secondary N) is 1. The van der Waals surface area contributed by atoms with Crippen LogP contribution in [0.4, 0.5) is 5.69 Å². The Morgan fingerprint density at radius 1 is 1.28 bits per heavy atom. The first-order valence-electron chi connectivity index (χ1n) is 5.71. The van der Waals surface area contributed by atoms with Crippen LogP contribution >= 0.6 is 12.4 Å². The number of ketones is 1. The zero-order valence-electron chi connectivity index (χ0n) is 10.5. The highest BCUT2D eigenvalue weighted by molar-refractivity contribution is 6.04. The molecule has 1 aromatic heterocycles. The summed E-state index contributed by atoms with van der Waals surface area (Å²) in [4.78, 5) is 15.0. The standard InChI is InChI=1S/C14H16N2O.ClH/c1-3-11(17)12-9(2)16-14(13(12)15)10-7-5-4-6-8-10;/h4-8,16H,3,15H2,1-2H3;1H. The minimum absolute atomic E-state index is 0.